The van der Waals surface area contributed by atoms with Gasteiger partial charge in [-0.15, -0.1) is 22.7 Å². The number of aromatic nitrogens is 2. The van der Waals surface area contributed by atoms with Gasteiger partial charge in [-0.05, 0) is 57.5 Å². The molecule has 7 nitrogen and oxygen atoms in total. The third kappa shape index (κ3) is 5.96. The average molecular weight is 527 g/mol. The fourth-order valence-corrected chi connectivity index (χ4v) is 5.57. The van der Waals surface area contributed by atoms with E-state index in [0.717, 1.165) is 15.6 Å². The molecule has 3 aromatic heterocycles. The minimum atomic E-state index is -1.17. The maximum absolute atomic E-state index is 14.9. The van der Waals surface area contributed by atoms with Gasteiger partial charge < -0.3 is 20.9 Å². The van der Waals surface area contributed by atoms with Crippen LogP contribution in [0.25, 0.3) is 10.4 Å². The van der Waals surface area contributed by atoms with Crippen molar-refractivity contribution in [2.75, 3.05) is 5.32 Å². The molecule has 0 unspecified atom stereocenters. The number of carbonyl (C=O) groups excluding carboxylic acids is 1. The highest BCUT2D eigenvalue weighted by Crippen LogP contribution is 2.38. The fourth-order valence-electron chi connectivity index (χ4n) is 3.60. The number of hydrogen-bond acceptors (Lipinski definition) is 8. The van der Waals surface area contributed by atoms with E-state index in [9.17, 15) is 14.3 Å². The number of ether oxygens (including phenoxy) is 1. The number of anilines is 2. The molecule has 4 rings (SSSR count). The van der Waals surface area contributed by atoms with Gasteiger partial charge in [-0.2, -0.15) is 0 Å². The average Bonchev–Trinajstić information content (AvgIpc) is 3.35. The Kier molecular flexibility index (Phi) is 7.51. The molecule has 0 radical (unpaired) electrons. The van der Waals surface area contributed by atoms with Gasteiger partial charge in [0.25, 0.3) is 5.91 Å². The van der Waals surface area contributed by atoms with E-state index in [1.807, 2.05) is 26.0 Å². The summed E-state index contributed by atoms with van der Waals surface area (Å²) in [7, 11) is 0. The summed E-state index contributed by atoms with van der Waals surface area (Å²) in [6.45, 7) is 7.87. The second-order valence-corrected chi connectivity index (χ2v) is 11.2. The molecule has 3 heterocycles. The number of carbonyl (C=O) groups is 1. The number of pyridine rings is 1. The molecule has 1 aromatic carbocycles. The quantitative estimate of drug-likeness (QED) is 0.254. The first-order valence-corrected chi connectivity index (χ1v) is 12.8. The van der Waals surface area contributed by atoms with Crippen molar-refractivity contribution in [1.29, 1.82) is 0 Å². The van der Waals surface area contributed by atoms with Gasteiger partial charge in [0, 0.05) is 10.4 Å². The molecular weight excluding hydrogens is 499 g/mol. The number of hydrogen-bond donors (Lipinski definition) is 3. The van der Waals surface area contributed by atoms with E-state index in [4.69, 9.17) is 10.5 Å². The van der Waals surface area contributed by atoms with Crippen LogP contribution in [-0.4, -0.2) is 21.0 Å². The number of thiophene rings is 1. The van der Waals surface area contributed by atoms with E-state index in [2.05, 4.69) is 15.3 Å². The second-order valence-electron chi connectivity index (χ2n) is 8.84. The van der Waals surface area contributed by atoms with Gasteiger partial charge in [0.2, 0.25) is 0 Å². The molecule has 0 saturated carbocycles. The van der Waals surface area contributed by atoms with Crippen LogP contribution in [0.15, 0.2) is 42.5 Å². The third-order valence-corrected chi connectivity index (χ3v) is 7.60. The van der Waals surface area contributed by atoms with Crippen molar-refractivity contribution in [3.05, 3.63) is 80.7 Å². The normalized spacial score (nSPS) is 11.6. The molecule has 188 valence electrons. The number of aryl methyl sites for hydroxylation is 2. The number of aliphatic hydroxyl groups is 1. The summed E-state index contributed by atoms with van der Waals surface area (Å²) in [5.74, 6) is -0.625. The highest BCUT2D eigenvalue weighted by Gasteiger charge is 2.21. The molecule has 0 fully saturated rings. The lowest BCUT2D eigenvalue weighted by atomic mass is 9.96. The van der Waals surface area contributed by atoms with Crippen molar-refractivity contribution in [2.24, 2.45) is 5.73 Å². The third-order valence-electron chi connectivity index (χ3n) is 5.47. The number of thiazole rings is 1. The van der Waals surface area contributed by atoms with Crippen molar-refractivity contribution in [3.8, 4) is 10.4 Å². The Morgan fingerprint density at radius 3 is 2.56 bits per heavy atom. The maximum Gasteiger partial charge on any atom is 0.251 e. The molecule has 0 bridgehead atoms. The Labute approximate surface area is 216 Å². The molecule has 4 aromatic rings. The van der Waals surface area contributed by atoms with E-state index in [1.54, 1.807) is 49.4 Å². The van der Waals surface area contributed by atoms with Gasteiger partial charge in [0.1, 0.15) is 16.6 Å². The summed E-state index contributed by atoms with van der Waals surface area (Å²) in [5.41, 5.74) is 7.12. The van der Waals surface area contributed by atoms with Crippen molar-refractivity contribution in [2.45, 2.75) is 46.5 Å². The molecule has 1 amide bonds. The van der Waals surface area contributed by atoms with Crippen LogP contribution in [0.4, 0.5) is 15.2 Å². The fraction of sp³-hybridized carbons (Fsp3) is 0.269. The molecule has 10 heteroatoms. The summed E-state index contributed by atoms with van der Waals surface area (Å²) >= 11 is 2.81. The zero-order valence-electron chi connectivity index (χ0n) is 20.4. The summed E-state index contributed by atoms with van der Waals surface area (Å²) in [6, 6.07) is 11.6. The first-order valence-electron chi connectivity index (χ1n) is 11.2. The van der Waals surface area contributed by atoms with Crippen LogP contribution in [0.3, 0.4) is 0 Å². The number of rotatable bonds is 9. The predicted octanol–water partition coefficient (Wildman–Crippen LogP) is 5.81. The van der Waals surface area contributed by atoms with Crippen molar-refractivity contribution >= 4 is 39.4 Å². The smallest absolute Gasteiger partial charge is 0.251 e. The highest BCUT2D eigenvalue weighted by molar-refractivity contribution is 7.20. The summed E-state index contributed by atoms with van der Waals surface area (Å²) < 4.78 is 20.7. The number of primary amides is 1. The second kappa shape index (κ2) is 10.4. The lowest BCUT2D eigenvalue weighted by molar-refractivity contribution is 0.0782. The van der Waals surface area contributed by atoms with E-state index in [1.165, 1.54) is 17.4 Å². The molecule has 0 saturated heterocycles. The van der Waals surface area contributed by atoms with Crippen LogP contribution in [0.5, 0.6) is 0 Å². The minimum Gasteiger partial charge on any atom is -0.386 e. The summed E-state index contributed by atoms with van der Waals surface area (Å²) in [6.07, 6.45) is 0. The molecule has 0 atom stereocenters. The lowest BCUT2D eigenvalue weighted by Gasteiger charge is -2.18. The Balaban J connectivity index is 1.52. The van der Waals surface area contributed by atoms with Crippen molar-refractivity contribution in [3.63, 3.8) is 0 Å². The van der Waals surface area contributed by atoms with E-state index < -0.39 is 17.3 Å². The summed E-state index contributed by atoms with van der Waals surface area (Å²) in [4.78, 5) is 22.7. The number of benzene rings is 1. The zero-order valence-corrected chi connectivity index (χ0v) is 22.0. The number of halogens is 1. The van der Waals surface area contributed by atoms with Gasteiger partial charge in [0.15, 0.2) is 0 Å². The van der Waals surface area contributed by atoms with Gasteiger partial charge in [-0.1, -0.05) is 18.2 Å². The monoisotopic (exact) mass is 526 g/mol. The number of amides is 1. The lowest BCUT2D eigenvalue weighted by Crippen LogP contribution is -2.15. The van der Waals surface area contributed by atoms with Gasteiger partial charge in [-0.25, -0.2) is 14.4 Å². The van der Waals surface area contributed by atoms with Crippen LogP contribution in [0.2, 0.25) is 0 Å². The van der Waals surface area contributed by atoms with Crippen LogP contribution >= 0.6 is 22.7 Å². The van der Waals surface area contributed by atoms with Crippen LogP contribution < -0.4 is 11.1 Å². The zero-order chi connectivity index (χ0) is 26.0. The molecule has 36 heavy (non-hydrogen) atoms. The van der Waals surface area contributed by atoms with E-state index in [-0.39, 0.29) is 5.56 Å². The maximum atomic E-state index is 14.9. The van der Waals surface area contributed by atoms with Crippen LogP contribution in [0.1, 0.15) is 51.0 Å². The van der Waals surface area contributed by atoms with Gasteiger partial charge in [-0.3, -0.25) is 4.79 Å². The molecule has 4 N–H and O–H groups in total. The molecule has 0 aliphatic carbocycles. The molecule has 0 spiro atoms. The van der Waals surface area contributed by atoms with Gasteiger partial charge in [0.05, 0.1) is 45.7 Å². The van der Waals surface area contributed by atoms with Crippen LogP contribution in [0, 0.1) is 19.7 Å². The Bertz CT molecular complexity index is 1410. The molecular formula is C26H27FN4O3S2. The van der Waals surface area contributed by atoms with Crippen molar-refractivity contribution in [1.82, 2.24) is 9.97 Å². The highest BCUT2D eigenvalue weighted by atomic mass is 32.1. The molecule has 0 aliphatic rings. The van der Waals surface area contributed by atoms with Crippen molar-refractivity contribution < 1.29 is 19.0 Å². The largest absolute Gasteiger partial charge is 0.386 e. The standard InChI is InChI=1S/C26H27FN4O3S2/c1-14-22(35-15(2)29-14)13-34-12-17-6-5-7-23(30-17)31-25-19(24(28)32)11-21(36-25)18-9-8-16(10-20(18)27)26(3,4)33/h5-11,33H,12-13H2,1-4H3,(H2,28,32)(H,30,31). The summed E-state index contributed by atoms with van der Waals surface area (Å²) in [5, 5.41) is 14.8. The minimum absolute atomic E-state index is 0.237. The van der Waals surface area contributed by atoms with Crippen LogP contribution in [-0.2, 0) is 23.6 Å². The van der Waals surface area contributed by atoms with E-state index >= 15 is 0 Å². The predicted molar refractivity (Wildman–Crippen MR) is 141 cm³/mol. The first-order chi connectivity index (χ1) is 17.0. The Morgan fingerprint density at radius 2 is 1.92 bits per heavy atom. The SMILES string of the molecule is Cc1nc(C)c(COCc2cccc(Nc3sc(-c4ccc(C(C)(C)O)cc4F)cc3C(N)=O)n2)s1. The first kappa shape index (κ1) is 25.9. The Morgan fingerprint density at radius 1 is 1.14 bits per heavy atom. The topological polar surface area (TPSA) is 110 Å². The molecule has 0 aliphatic heterocycles. The number of nitrogens with one attached hydrogen (secondary N) is 1. The number of nitrogens with zero attached hydrogens (tertiary/aromatic N) is 2. The number of nitrogens with two attached hydrogens (primary N) is 1. The van der Waals surface area contributed by atoms with E-state index in [0.29, 0.717) is 45.7 Å². The Hall–Kier alpha value is -3.18. The van der Waals surface area contributed by atoms with Gasteiger partial charge >= 0.3 is 0 Å².